The molecule has 0 spiro atoms. The Hall–Kier alpha value is -2.68. The van der Waals surface area contributed by atoms with E-state index in [1.54, 1.807) is 0 Å². The van der Waals surface area contributed by atoms with Crippen LogP contribution >= 0.6 is 0 Å². The van der Waals surface area contributed by atoms with E-state index in [-0.39, 0.29) is 0 Å². The topological polar surface area (TPSA) is 37.8 Å². The third-order valence-electron chi connectivity index (χ3n) is 5.19. The van der Waals surface area contributed by atoms with E-state index in [2.05, 4.69) is 58.8 Å². The van der Waals surface area contributed by atoms with Gasteiger partial charge in [0.05, 0.1) is 5.69 Å². The Balaban J connectivity index is 1.63. The normalized spacial score (nSPS) is 14.9. The molecule has 4 rings (SSSR count). The summed E-state index contributed by atoms with van der Waals surface area (Å²) in [6.45, 7) is 0.971. The molecule has 0 radical (unpaired) electrons. The van der Waals surface area contributed by atoms with Crippen molar-refractivity contribution >= 4 is 5.95 Å². The first kappa shape index (κ1) is 16.8. The Bertz CT molecular complexity index is 825. The number of nitrogens with zero attached hydrogens (tertiary/aromatic N) is 2. The first-order chi connectivity index (χ1) is 12.9. The summed E-state index contributed by atoms with van der Waals surface area (Å²) in [5, 5.41) is 3.48. The molecule has 1 heterocycles. The van der Waals surface area contributed by atoms with Crippen LogP contribution in [-0.4, -0.2) is 16.5 Å². The van der Waals surface area contributed by atoms with Gasteiger partial charge in [0.15, 0.2) is 0 Å². The van der Waals surface area contributed by atoms with Crippen molar-refractivity contribution in [2.75, 3.05) is 11.9 Å². The van der Waals surface area contributed by atoms with E-state index in [9.17, 15) is 0 Å². The molecule has 132 valence electrons. The summed E-state index contributed by atoms with van der Waals surface area (Å²) in [5.41, 5.74) is 4.32. The fraction of sp³-hybridized carbons (Fsp3) is 0.304. The summed E-state index contributed by atoms with van der Waals surface area (Å²) < 4.78 is 0. The zero-order valence-corrected chi connectivity index (χ0v) is 15.1. The van der Waals surface area contributed by atoms with Gasteiger partial charge >= 0.3 is 0 Å². The molecule has 3 heteroatoms. The number of anilines is 1. The lowest BCUT2D eigenvalue weighted by atomic mass is 9.89. The van der Waals surface area contributed by atoms with E-state index in [1.807, 2.05) is 18.3 Å². The van der Waals surface area contributed by atoms with Crippen molar-refractivity contribution in [3.63, 3.8) is 0 Å². The molecule has 0 amide bonds. The first-order valence-corrected chi connectivity index (χ1v) is 9.62. The quantitative estimate of drug-likeness (QED) is 0.636. The van der Waals surface area contributed by atoms with Crippen LogP contribution in [0.5, 0.6) is 0 Å². The number of rotatable bonds is 5. The Labute approximate surface area is 155 Å². The van der Waals surface area contributed by atoms with E-state index in [0.717, 1.165) is 40.8 Å². The van der Waals surface area contributed by atoms with Gasteiger partial charge in [-0.3, -0.25) is 0 Å². The van der Waals surface area contributed by atoms with Crippen molar-refractivity contribution in [1.82, 2.24) is 9.97 Å². The van der Waals surface area contributed by atoms with Gasteiger partial charge in [-0.15, -0.1) is 0 Å². The van der Waals surface area contributed by atoms with Gasteiger partial charge in [-0.2, -0.15) is 0 Å². The fourth-order valence-corrected chi connectivity index (χ4v) is 3.74. The molecule has 1 saturated carbocycles. The van der Waals surface area contributed by atoms with Gasteiger partial charge in [-0.25, -0.2) is 9.97 Å². The molecule has 26 heavy (non-hydrogen) atoms. The van der Waals surface area contributed by atoms with Gasteiger partial charge in [-0.05, 0) is 24.3 Å². The lowest BCUT2D eigenvalue weighted by Gasteiger charge is -2.22. The molecule has 1 fully saturated rings. The van der Waals surface area contributed by atoms with E-state index >= 15 is 0 Å². The lowest BCUT2D eigenvalue weighted by molar-refractivity contribution is 0.373. The lowest BCUT2D eigenvalue weighted by Crippen LogP contribution is -2.18. The number of hydrogen-bond acceptors (Lipinski definition) is 3. The highest BCUT2D eigenvalue weighted by Gasteiger charge is 2.15. The summed E-state index contributed by atoms with van der Waals surface area (Å²) in [6.07, 6.45) is 8.69. The van der Waals surface area contributed by atoms with E-state index in [0.29, 0.717) is 0 Å². The molecule has 1 N–H and O–H groups in total. The predicted octanol–water partition coefficient (Wildman–Crippen LogP) is 5.80. The molecular weight excluding hydrogens is 318 g/mol. The van der Waals surface area contributed by atoms with E-state index < -0.39 is 0 Å². The summed E-state index contributed by atoms with van der Waals surface area (Å²) in [5.74, 6) is 1.48. The van der Waals surface area contributed by atoms with Crippen LogP contribution in [0.3, 0.4) is 0 Å². The molecule has 1 aliphatic rings. The minimum absolute atomic E-state index is 0.731. The summed E-state index contributed by atoms with van der Waals surface area (Å²) >= 11 is 0. The second-order valence-electron chi connectivity index (χ2n) is 7.07. The van der Waals surface area contributed by atoms with Crippen molar-refractivity contribution in [3.05, 3.63) is 66.9 Å². The maximum Gasteiger partial charge on any atom is 0.223 e. The van der Waals surface area contributed by atoms with E-state index in [1.165, 1.54) is 32.1 Å². The highest BCUT2D eigenvalue weighted by Crippen LogP contribution is 2.31. The zero-order valence-electron chi connectivity index (χ0n) is 15.1. The second kappa shape index (κ2) is 8.13. The van der Waals surface area contributed by atoms with Crippen LogP contribution < -0.4 is 5.32 Å². The number of aromatic nitrogens is 2. The zero-order chi connectivity index (χ0) is 17.6. The van der Waals surface area contributed by atoms with Crippen molar-refractivity contribution in [2.24, 2.45) is 5.92 Å². The van der Waals surface area contributed by atoms with Crippen LogP contribution in [0.2, 0.25) is 0 Å². The number of benzene rings is 2. The smallest absolute Gasteiger partial charge is 0.223 e. The molecule has 0 aliphatic heterocycles. The SMILES string of the molecule is c1ccc(-c2cnc(NCC3CCCCC3)nc2-c2ccccc2)cc1. The Kier molecular flexibility index (Phi) is 5.25. The van der Waals surface area contributed by atoms with Crippen molar-refractivity contribution in [1.29, 1.82) is 0 Å². The van der Waals surface area contributed by atoms with Crippen LogP contribution in [0.15, 0.2) is 66.9 Å². The van der Waals surface area contributed by atoms with Gasteiger partial charge in [-0.1, -0.05) is 79.9 Å². The summed E-state index contributed by atoms with van der Waals surface area (Å²) in [4.78, 5) is 9.48. The molecule has 0 saturated heterocycles. The molecule has 0 bridgehead atoms. The van der Waals surface area contributed by atoms with Gasteiger partial charge in [0, 0.05) is 23.9 Å². The largest absolute Gasteiger partial charge is 0.354 e. The average Bonchev–Trinajstić information content (AvgIpc) is 2.74. The Morgan fingerprint density at radius 1 is 0.808 bits per heavy atom. The fourth-order valence-electron chi connectivity index (χ4n) is 3.74. The Morgan fingerprint density at radius 3 is 2.15 bits per heavy atom. The average molecular weight is 343 g/mol. The first-order valence-electron chi connectivity index (χ1n) is 9.62. The highest BCUT2D eigenvalue weighted by molar-refractivity contribution is 5.80. The third kappa shape index (κ3) is 3.93. The minimum Gasteiger partial charge on any atom is -0.354 e. The molecule has 3 aromatic rings. The molecule has 0 atom stereocenters. The molecule has 1 aromatic heterocycles. The molecule has 2 aromatic carbocycles. The summed E-state index contributed by atoms with van der Waals surface area (Å²) in [7, 11) is 0. The number of hydrogen-bond donors (Lipinski definition) is 1. The van der Waals surface area contributed by atoms with Gasteiger partial charge in [0.1, 0.15) is 0 Å². The molecule has 3 nitrogen and oxygen atoms in total. The van der Waals surface area contributed by atoms with Gasteiger partial charge in [0.25, 0.3) is 0 Å². The highest BCUT2D eigenvalue weighted by atomic mass is 15.1. The third-order valence-corrected chi connectivity index (χ3v) is 5.19. The maximum atomic E-state index is 4.88. The molecule has 1 aliphatic carbocycles. The Morgan fingerprint density at radius 2 is 1.46 bits per heavy atom. The van der Waals surface area contributed by atoms with Crippen LogP contribution in [0.1, 0.15) is 32.1 Å². The standard InChI is InChI=1S/C23H25N3/c1-4-10-18(11-5-1)16-24-23-25-17-21(19-12-6-2-7-13-19)22(26-23)20-14-8-3-9-15-20/h2-3,6-9,12-15,17-18H,1,4-5,10-11,16H2,(H,24,25,26). The van der Waals surface area contributed by atoms with Gasteiger partial charge in [0.2, 0.25) is 5.95 Å². The van der Waals surface area contributed by atoms with Crippen LogP contribution in [0.4, 0.5) is 5.95 Å². The van der Waals surface area contributed by atoms with Crippen molar-refractivity contribution < 1.29 is 0 Å². The number of nitrogens with one attached hydrogen (secondary N) is 1. The molecule has 0 unspecified atom stereocenters. The monoisotopic (exact) mass is 343 g/mol. The van der Waals surface area contributed by atoms with Crippen molar-refractivity contribution in [2.45, 2.75) is 32.1 Å². The minimum atomic E-state index is 0.731. The van der Waals surface area contributed by atoms with Crippen LogP contribution in [-0.2, 0) is 0 Å². The molecular formula is C23H25N3. The maximum absolute atomic E-state index is 4.88. The van der Waals surface area contributed by atoms with Crippen LogP contribution in [0, 0.1) is 5.92 Å². The summed E-state index contributed by atoms with van der Waals surface area (Å²) in [6, 6.07) is 20.7. The van der Waals surface area contributed by atoms with Crippen molar-refractivity contribution in [3.8, 4) is 22.4 Å². The second-order valence-corrected chi connectivity index (χ2v) is 7.07. The predicted molar refractivity (Wildman–Crippen MR) is 108 cm³/mol. The van der Waals surface area contributed by atoms with E-state index in [4.69, 9.17) is 4.98 Å². The van der Waals surface area contributed by atoms with Crippen LogP contribution in [0.25, 0.3) is 22.4 Å². The van der Waals surface area contributed by atoms with Gasteiger partial charge < -0.3 is 5.32 Å².